The van der Waals surface area contributed by atoms with Gasteiger partial charge in [0.05, 0.1) is 23.1 Å². The van der Waals surface area contributed by atoms with Crippen LogP contribution in [0.2, 0.25) is 5.02 Å². The highest BCUT2D eigenvalue weighted by atomic mass is 35.5. The normalized spacial score (nSPS) is 22.7. The first-order chi connectivity index (χ1) is 17.0. The molecule has 5 rings (SSSR count). The zero-order chi connectivity index (χ0) is 25.7. The van der Waals surface area contributed by atoms with Crippen molar-refractivity contribution >= 4 is 40.4 Å². The second-order valence-electron chi connectivity index (χ2n) is 12.6. The Morgan fingerprint density at radius 3 is 2.22 bits per heavy atom. The van der Waals surface area contributed by atoms with Crippen molar-refractivity contribution in [1.29, 1.82) is 0 Å². The molecular weight excluding hydrogens is 468 g/mol. The van der Waals surface area contributed by atoms with Crippen molar-refractivity contribution in [3.63, 3.8) is 0 Å². The number of benzene rings is 2. The molecular formula is C30H39ClN4O. The first-order valence-electron chi connectivity index (χ1n) is 13.4. The molecule has 0 radical (unpaired) electrons. The summed E-state index contributed by atoms with van der Waals surface area (Å²) >= 11 is 6.54. The molecule has 2 amide bonds. The molecule has 2 N–H and O–H groups in total. The molecule has 0 unspecified atom stereocenters. The molecule has 0 atom stereocenters. The van der Waals surface area contributed by atoms with E-state index in [-0.39, 0.29) is 22.9 Å². The quantitative estimate of drug-likeness (QED) is 0.425. The molecule has 1 aliphatic heterocycles. The van der Waals surface area contributed by atoms with Crippen LogP contribution in [0.1, 0.15) is 84.6 Å². The zero-order valence-electron chi connectivity index (χ0n) is 22.1. The molecule has 2 aromatic carbocycles. The van der Waals surface area contributed by atoms with Gasteiger partial charge in [-0.25, -0.2) is 9.80 Å². The number of hydrazone groups is 1. The summed E-state index contributed by atoms with van der Waals surface area (Å²) in [5.41, 5.74) is 10.5. The Labute approximate surface area is 220 Å². The minimum atomic E-state index is -0.118. The number of carbonyl (C=O) groups is 1. The van der Waals surface area contributed by atoms with Crippen molar-refractivity contribution in [1.82, 2.24) is 5.01 Å². The van der Waals surface area contributed by atoms with Crippen LogP contribution in [0.25, 0.3) is 0 Å². The third kappa shape index (κ3) is 5.00. The second-order valence-corrected chi connectivity index (χ2v) is 13.0. The average Bonchev–Trinajstić information content (AvgIpc) is 2.92. The number of hydrogen-bond acceptors (Lipinski definition) is 3. The largest absolute Gasteiger partial charge is 0.399 e. The smallest absolute Gasteiger partial charge is 0.349 e. The highest BCUT2D eigenvalue weighted by Gasteiger charge is 2.45. The van der Waals surface area contributed by atoms with Gasteiger partial charge in [0.1, 0.15) is 0 Å². The molecule has 192 valence electrons. The molecule has 0 saturated heterocycles. The van der Waals surface area contributed by atoms with Crippen molar-refractivity contribution in [2.45, 2.75) is 85.1 Å². The number of hydrogen-bond donors (Lipinski definition) is 1. The first-order valence-corrected chi connectivity index (χ1v) is 13.8. The Kier molecular flexibility index (Phi) is 6.57. The number of rotatable bonds is 3. The summed E-state index contributed by atoms with van der Waals surface area (Å²) < 4.78 is 0. The maximum absolute atomic E-state index is 14.5. The molecule has 1 heterocycles. The van der Waals surface area contributed by atoms with E-state index in [4.69, 9.17) is 22.4 Å². The predicted molar refractivity (Wildman–Crippen MR) is 150 cm³/mol. The number of nitrogens with zero attached hydrogens (tertiary/aromatic N) is 3. The molecule has 3 aliphatic rings. The Hall–Kier alpha value is -2.53. The minimum Gasteiger partial charge on any atom is -0.399 e. The summed E-state index contributed by atoms with van der Waals surface area (Å²) in [5.74, 6) is 0.338. The third-order valence-corrected chi connectivity index (χ3v) is 8.34. The van der Waals surface area contributed by atoms with Gasteiger partial charge >= 0.3 is 6.03 Å². The molecule has 0 bridgehead atoms. The fourth-order valence-corrected chi connectivity index (χ4v) is 7.24. The molecule has 5 nitrogen and oxygen atoms in total. The van der Waals surface area contributed by atoms with E-state index < -0.39 is 0 Å². The van der Waals surface area contributed by atoms with Crippen molar-refractivity contribution in [2.75, 3.05) is 10.6 Å². The van der Waals surface area contributed by atoms with Crippen molar-refractivity contribution in [2.24, 2.45) is 21.8 Å². The van der Waals surface area contributed by atoms with Gasteiger partial charge in [-0.2, -0.15) is 5.10 Å². The lowest BCUT2D eigenvalue weighted by atomic mass is 9.63. The van der Waals surface area contributed by atoms with E-state index in [1.807, 2.05) is 41.4 Å². The van der Waals surface area contributed by atoms with Gasteiger partial charge in [-0.15, -0.1) is 0 Å². The lowest BCUT2D eigenvalue weighted by molar-refractivity contribution is 0.0423. The van der Waals surface area contributed by atoms with E-state index in [0.29, 0.717) is 16.6 Å². The average molecular weight is 507 g/mol. The van der Waals surface area contributed by atoms with E-state index in [0.717, 1.165) is 54.8 Å². The molecule has 2 saturated carbocycles. The minimum absolute atomic E-state index is 0.0240. The van der Waals surface area contributed by atoms with Crippen LogP contribution >= 0.6 is 11.6 Å². The van der Waals surface area contributed by atoms with Gasteiger partial charge in [0.15, 0.2) is 0 Å². The number of fused-ring (bicyclic) bond motifs is 1. The van der Waals surface area contributed by atoms with Crippen LogP contribution in [0, 0.1) is 16.7 Å². The van der Waals surface area contributed by atoms with E-state index in [1.165, 1.54) is 19.3 Å². The summed E-state index contributed by atoms with van der Waals surface area (Å²) in [7, 11) is 0. The van der Waals surface area contributed by atoms with Gasteiger partial charge in [0.25, 0.3) is 0 Å². The Bertz CT molecular complexity index is 1150. The Morgan fingerprint density at radius 1 is 0.944 bits per heavy atom. The number of anilines is 3. The molecule has 2 aromatic rings. The standard InChI is InChI=1S/C30H39ClN4O/c1-29(2)17-24(18-30(3,4)19-29)35-28(36)34(23-13-11-22(32)12-14-23)26-16-21(31)10-15-25(26)27(33-35)20-8-6-5-7-9-20/h10-16,20,24H,5-9,17-19,32H2,1-4H3. The van der Waals surface area contributed by atoms with Crippen molar-refractivity contribution in [3.8, 4) is 0 Å². The summed E-state index contributed by atoms with van der Waals surface area (Å²) in [4.78, 5) is 16.3. The van der Waals surface area contributed by atoms with Crippen LogP contribution in [0.4, 0.5) is 21.9 Å². The van der Waals surface area contributed by atoms with Crippen LogP contribution in [0.15, 0.2) is 47.6 Å². The zero-order valence-corrected chi connectivity index (χ0v) is 22.8. The number of nitrogens with two attached hydrogens (primary N) is 1. The molecule has 0 spiro atoms. The van der Waals surface area contributed by atoms with E-state index in [9.17, 15) is 4.79 Å². The maximum Gasteiger partial charge on any atom is 0.349 e. The third-order valence-electron chi connectivity index (χ3n) is 8.10. The second kappa shape index (κ2) is 9.41. The van der Waals surface area contributed by atoms with E-state index >= 15 is 0 Å². The lowest BCUT2D eigenvalue weighted by Crippen LogP contribution is -2.49. The summed E-state index contributed by atoms with van der Waals surface area (Å²) in [6, 6.07) is 13.3. The van der Waals surface area contributed by atoms with Crippen LogP contribution in [0.5, 0.6) is 0 Å². The van der Waals surface area contributed by atoms with E-state index in [1.54, 1.807) is 4.90 Å². The summed E-state index contributed by atoms with van der Waals surface area (Å²) in [6.07, 6.45) is 8.86. The Balaban J connectivity index is 1.69. The maximum atomic E-state index is 14.5. The van der Waals surface area contributed by atoms with Gasteiger partial charge in [-0.1, -0.05) is 58.6 Å². The summed E-state index contributed by atoms with van der Waals surface area (Å²) in [5, 5.41) is 7.73. The number of urea groups is 1. The fraction of sp³-hybridized carbons (Fsp3) is 0.533. The predicted octanol–water partition coefficient (Wildman–Crippen LogP) is 8.39. The van der Waals surface area contributed by atoms with Crippen LogP contribution in [-0.4, -0.2) is 22.8 Å². The molecule has 2 aliphatic carbocycles. The highest BCUT2D eigenvalue weighted by Crippen LogP contribution is 2.48. The monoisotopic (exact) mass is 506 g/mol. The van der Waals surface area contributed by atoms with Crippen LogP contribution in [-0.2, 0) is 0 Å². The first kappa shape index (κ1) is 25.1. The number of carbonyl (C=O) groups excluding carboxylic acids is 1. The molecule has 6 heteroatoms. The number of halogens is 1. The number of nitrogen functional groups attached to an aromatic ring is 1. The van der Waals surface area contributed by atoms with Gasteiger partial charge in [-0.3, -0.25) is 4.90 Å². The van der Waals surface area contributed by atoms with Gasteiger partial charge in [0.2, 0.25) is 0 Å². The van der Waals surface area contributed by atoms with Crippen LogP contribution in [0.3, 0.4) is 0 Å². The number of amides is 2. The SMILES string of the molecule is CC1(C)CC(N2N=C(C3CCCCC3)c3ccc(Cl)cc3N(c3ccc(N)cc3)C2=O)CC(C)(C)C1. The fourth-order valence-electron chi connectivity index (χ4n) is 7.07. The highest BCUT2D eigenvalue weighted by molar-refractivity contribution is 6.31. The van der Waals surface area contributed by atoms with E-state index in [2.05, 4.69) is 33.8 Å². The lowest BCUT2D eigenvalue weighted by Gasteiger charge is -2.47. The topological polar surface area (TPSA) is 61.9 Å². The molecule has 2 fully saturated rings. The molecule has 36 heavy (non-hydrogen) atoms. The molecule has 0 aromatic heterocycles. The Morgan fingerprint density at radius 2 is 1.58 bits per heavy atom. The van der Waals surface area contributed by atoms with Gasteiger partial charge in [-0.05, 0) is 85.4 Å². The van der Waals surface area contributed by atoms with Gasteiger partial charge < -0.3 is 5.73 Å². The summed E-state index contributed by atoms with van der Waals surface area (Å²) in [6.45, 7) is 9.28. The van der Waals surface area contributed by atoms with Gasteiger partial charge in [0, 0.05) is 22.2 Å². The van der Waals surface area contributed by atoms with Crippen molar-refractivity contribution in [3.05, 3.63) is 53.1 Å². The van der Waals surface area contributed by atoms with Crippen LogP contribution < -0.4 is 10.6 Å². The van der Waals surface area contributed by atoms with Crippen molar-refractivity contribution < 1.29 is 4.79 Å².